The minimum atomic E-state index is -0.316. The van der Waals surface area contributed by atoms with E-state index < -0.39 is 0 Å². The Labute approximate surface area is 56.9 Å². The summed E-state index contributed by atoms with van der Waals surface area (Å²) in [5, 5.41) is 0. The maximum absolute atomic E-state index is 10.2. The molecular weight excluding hydrogens is 114 g/mol. The molecule has 0 aromatic rings. The van der Waals surface area contributed by atoms with Crippen LogP contribution in [-0.2, 0) is 4.79 Å². The molecule has 53 valence electrons. The van der Waals surface area contributed by atoms with Crippen LogP contribution < -0.4 is 0 Å². The van der Waals surface area contributed by atoms with Crippen molar-refractivity contribution in [1.29, 1.82) is 0 Å². The lowest BCUT2D eigenvalue weighted by Crippen LogP contribution is -2.29. The molecule has 0 fully saturated rings. The van der Waals surface area contributed by atoms with Crippen LogP contribution in [0.1, 0.15) is 13.8 Å². The van der Waals surface area contributed by atoms with Crippen LogP contribution in [0.2, 0.25) is 0 Å². The number of rotatable bonds is 3. The first-order valence-electron chi connectivity index (χ1n) is 3.02. The summed E-state index contributed by atoms with van der Waals surface area (Å²) in [6.45, 7) is 4.51. The lowest BCUT2D eigenvalue weighted by Gasteiger charge is -2.20. The van der Waals surface area contributed by atoms with E-state index in [9.17, 15) is 4.79 Å². The fourth-order valence-electron chi connectivity index (χ4n) is 0.823. The van der Waals surface area contributed by atoms with E-state index in [2.05, 4.69) is 0 Å². The Balaban J connectivity index is 3.71. The highest BCUT2D eigenvalue weighted by molar-refractivity contribution is 5.59. The van der Waals surface area contributed by atoms with Gasteiger partial charge in [0.05, 0.1) is 0 Å². The highest BCUT2D eigenvalue weighted by Gasteiger charge is 2.17. The topological polar surface area (TPSA) is 20.3 Å². The Kier molecular flexibility index (Phi) is 2.85. The largest absolute Gasteiger partial charge is 0.308 e. The Hall–Kier alpha value is -0.370. The van der Waals surface area contributed by atoms with Gasteiger partial charge in [0.25, 0.3) is 0 Å². The normalized spacial score (nSPS) is 12.1. The van der Waals surface area contributed by atoms with Gasteiger partial charge in [-0.1, -0.05) is 13.8 Å². The van der Waals surface area contributed by atoms with Crippen LogP contribution in [-0.4, -0.2) is 31.8 Å². The highest BCUT2D eigenvalue weighted by Crippen LogP contribution is 2.10. The summed E-state index contributed by atoms with van der Waals surface area (Å²) in [6, 6.07) is 0. The Morgan fingerprint density at radius 3 is 2.00 bits per heavy atom. The number of hydrogen-bond donors (Lipinski definition) is 0. The molecule has 9 heavy (non-hydrogen) atoms. The van der Waals surface area contributed by atoms with Gasteiger partial charge in [0.15, 0.2) is 0 Å². The monoisotopic (exact) mass is 128 g/mol. The Bertz CT molecular complexity index is 97.1. The van der Waals surface area contributed by atoms with Crippen molar-refractivity contribution in [1.82, 2.24) is 4.90 Å². The molecule has 0 aliphatic heterocycles. The number of carbonyl (C=O) groups excluding carboxylic acids is 1. The second-order valence-electron chi connectivity index (χ2n) is 3.22. The van der Waals surface area contributed by atoms with Gasteiger partial charge in [-0.15, -0.1) is 0 Å². The first-order chi connectivity index (χ1) is 3.98. The maximum Gasteiger partial charge on any atom is 0.205 e. The second kappa shape index (κ2) is 2.97. The fourth-order valence-corrected chi connectivity index (χ4v) is 0.823. The van der Waals surface area contributed by atoms with Crippen molar-refractivity contribution in [3.63, 3.8) is 0 Å². The van der Waals surface area contributed by atoms with Crippen molar-refractivity contribution in [2.24, 2.45) is 5.41 Å². The zero-order valence-corrected chi connectivity index (χ0v) is 6.56. The van der Waals surface area contributed by atoms with Crippen molar-refractivity contribution >= 4 is 6.29 Å². The van der Waals surface area contributed by atoms with Crippen LogP contribution >= 0.6 is 0 Å². The predicted molar refractivity (Wildman–Crippen MR) is 38.0 cm³/mol. The zero-order valence-electron chi connectivity index (χ0n) is 6.56. The van der Waals surface area contributed by atoms with Gasteiger partial charge in [-0.25, -0.2) is 0 Å². The first kappa shape index (κ1) is 8.63. The number of hydrogen-bond acceptors (Lipinski definition) is 2. The van der Waals surface area contributed by atoms with Gasteiger partial charge in [-0.2, -0.15) is 0 Å². The van der Waals surface area contributed by atoms with E-state index in [4.69, 9.17) is 0 Å². The van der Waals surface area contributed by atoms with E-state index in [0.717, 1.165) is 6.54 Å². The van der Waals surface area contributed by atoms with Crippen LogP contribution in [0.5, 0.6) is 0 Å². The van der Waals surface area contributed by atoms with Crippen LogP contribution in [0, 0.1) is 5.41 Å². The van der Waals surface area contributed by atoms with E-state index in [1.807, 2.05) is 39.1 Å². The molecule has 2 heteroatoms. The SMILES string of the molecule is CN(C)CC(C)(C)[C]=O. The van der Waals surface area contributed by atoms with E-state index >= 15 is 0 Å². The molecule has 0 N–H and O–H groups in total. The summed E-state index contributed by atoms with van der Waals surface area (Å²) >= 11 is 0. The van der Waals surface area contributed by atoms with E-state index in [1.165, 1.54) is 0 Å². The quantitative estimate of drug-likeness (QED) is 0.557. The number of nitrogens with zero attached hydrogens (tertiary/aromatic N) is 1. The van der Waals surface area contributed by atoms with Crippen molar-refractivity contribution in [2.45, 2.75) is 13.8 Å². The van der Waals surface area contributed by atoms with Crippen molar-refractivity contribution in [3.05, 3.63) is 0 Å². The average Bonchev–Trinajstić information content (AvgIpc) is 1.63. The summed E-state index contributed by atoms with van der Waals surface area (Å²) < 4.78 is 0. The van der Waals surface area contributed by atoms with Crippen LogP contribution in [0.4, 0.5) is 0 Å². The summed E-state index contributed by atoms with van der Waals surface area (Å²) in [7, 11) is 3.89. The van der Waals surface area contributed by atoms with Gasteiger partial charge in [0, 0.05) is 12.0 Å². The van der Waals surface area contributed by atoms with Crippen LogP contribution in [0.3, 0.4) is 0 Å². The molecule has 0 aromatic carbocycles. The van der Waals surface area contributed by atoms with Gasteiger partial charge in [-0.3, -0.25) is 4.79 Å². The lowest BCUT2D eigenvalue weighted by molar-refractivity contribution is 0.301. The third-order valence-corrected chi connectivity index (χ3v) is 0.988. The molecule has 0 bridgehead atoms. The molecule has 0 saturated heterocycles. The van der Waals surface area contributed by atoms with Gasteiger partial charge >= 0.3 is 0 Å². The standard InChI is InChI=1S/C7H14NO/c1-7(2,6-9)5-8(3)4/h5H2,1-4H3. The molecular formula is C7H14NO. The summed E-state index contributed by atoms with van der Waals surface area (Å²) in [4.78, 5) is 12.2. The second-order valence-corrected chi connectivity index (χ2v) is 3.22. The van der Waals surface area contributed by atoms with Gasteiger partial charge < -0.3 is 4.90 Å². The molecule has 2 nitrogen and oxygen atoms in total. The van der Waals surface area contributed by atoms with Crippen molar-refractivity contribution < 1.29 is 4.79 Å². The molecule has 0 heterocycles. The molecule has 0 aliphatic carbocycles. The van der Waals surface area contributed by atoms with Crippen molar-refractivity contribution in [3.8, 4) is 0 Å². The minimum absolute atomic E-state index is 0.316. The first-order valence-corrected chi connectivity index (χ1v) is 3.02. The van der Waals surface area contributed by atoms with Gasteiger partial charge in [0.2, 0.25) is 6.29 Å². The molecule has 0 amide bonds. The molecule has 0 saturated carbocycles. The van der Waals surface area contributed by atoms with Gasteiger partial charge in [0.1, 0.15) is 0 Å². The molecule has 1 radical (unpaired) electrons. The Morgan fingerprint density at radius 1 is 1.44 bits per heavy atom. The molecule has 0 spiro atoms. The average molecular weight is 128 g/mol. The molecule has 0 aromatic heterocycles. The minimum Gasteiger partial charge on any atom is -0.308 e. The smallest absolute Gasteiger partial charge is 0.205 e. The molecule has 0 aliphatic rings. The van der Waals surface area contributed by atoms with E-state index in [-0.39, 0.29) is 5.41 Å². The summed E-state index contributed by atoms with van der Waals surface area (Å²) in [5.41, 5.74) is -0.316. The van der Waals surface area contributed by atoms with Crippen LogP contribution in [0.15, 0.2) is 0 Å². The predicted octanol–water partition coefficient (Wildman–Crippen LogP) is 0.684. The maximum atomic E-state index is 10.2. The van der Waals surface area contributed by atoms with Gasteiger partial charge in [-0.05, 0) is 14.1 Å². The Morgan fingerprint density at radius 2 is 1.89 bits per heavy atom. The fraction of sp³-hybridized carbons (Fsp3) is 0.857. The zero-order chi connectivity index (χ0) is 7.49. The highest BCUT2D eigenvalue weighted by atomic mass is 16.1. The van der Waals surface area contributed by atoms with E-state index in [0.29, 0.717) is 0 Å². The van der Waals surface area contributed by atoms with Crippen LogP contribution in [0.25, 0.3) is 0 Å². The summed E-state index contributed by atoms with van der Waals surface area (Å²) in [6.07, 6.45) is 1.98. The van der Waals surface area contributed by atoms with Crippen molar-refractivity contribution in [2.75, 3.05) is 20.6 Å². The molecule has 0 rings (SSSR count). The summed E-state index contributed by atoms with van der Waals surface area (Å²) in [5.74, 6) is 0. The molecule has 0 atom stereocenters. The third-order valence-electron chi connectivity index (χ3n) is 0.988. The molecule has 0 unspecified atom stereocenters. The van der Waals surface area contributed by atoms with E-state index in [1.54, 1.807) is 0 Å². The lowest BCUT2D eigenvalue weighted by atomic mass is 9.96. The third kappa shape index (κ3) is 4.15.